The summed E-state index contributed by atoms with van der Waals surface area (Å²) >= 11 is 0. The molecule has 1 aliphatic carbocycles. The van der Waals surface area contributed by atoms with Crippen molar-refractivity contribution < 1.29 is 13.9 Å². The SMILES string of the molecule is CCOC(=O)C1CCC(c2ccc(F)cc2)CC1. The number of halogens is 1. The van der Waals surface area contributed by atoms with Crippen LogP contribution < -0.4 is 0 Å². The van der Waals surface area contributed by atoms with Crippen LogP contribution in [0.5, 0.6) is 0 Å². The van der Waals surface area contributed by atoms with Crippen molar-refractivity contribution in [3.8, 4) is 0 Å². The lowest BCUT2D eigenvalue weighted by Gasteiger charge is -2.27. The number of ether oxygens (including phenoxy) is 1. The van der Waals surface area contributed by atoms with Crippen LogP contribution in [0.15, 0.2) is 24.3 Å². The monoisotopic (exact) mass is 250 g/mol. The van der Waals surface area contributed by atoms with Crippen molar-refractivity contribution in [2.24, 2.45) is 5.92 Å². The topological polar surface area (TPSA) is 26.3 Å². The molecule has 0 spiro atoms. The van der Waals surface area contributed by atoms with E-state index in [9.17, 15) is 9.18 Å². The van der Waals surface area contributed by atoms with E-state index in [0.717, 1.165) is 25.7 Å². The van der Waals surface area contributed by atoms with Crippen LogP contribution in [0, 0.1) is 11.7 Å². The molecular weight excluding hydrogens is 231 g/mol. The maximum atomic E-state index is 12.8. The molecule has 1 aromatic rings. The van der Waals surface area contributed by atoms with Crippen LogP contribution in [-0.2, 0) is 9.53 Å². The molecule has 1 saturated carbocycles. The summed E-state index contributed by atoms with van der Waals surface area (Å²) < 4.78 is 17.9. The fourth-order valence-electron chi connectivity index (χ4n) is 2.66. The van der Waals surface area contributed by atoms with Crippen molar-refractivity contribution in [3.63, 3.8) is 0 Å². The van der Waals surface area contributed by atoms with Crippen molar-refractivity contribution in [1.82, 2.24) is 0 Å². The molecule has 18 heavy (non-hydrogen) atoms. The van der Waals surface area contributed by atoms with E-state index in [1.165, 1.54) is 17.7 Å². The first-order valence-electron chi connectivity index (χ1n) is 6.62. The molecule has 0 aliphatic heterocycles. The zero-order chi connectivity index (χ0) is 13.0. The van der Waals surface area contributed by atoms with Gasteiger partial charge in [0.05, 0.1) is 12.5 Å². The van der Waals surface area contributed by atoms with Crippen LogP contribution >= 0.6 is 0 Å². The normalized spacial score (nSPS) is 23.7. The fourth-order valence-corrected chi connectivity index (χ4v) is 2.66. The van der Waals surface area contributed by atoms with E-state index >= 15 is 0 Å². The molecule has 0 radical (unpaired) electrons. The minimum Gasteiger partial charge on any atom is -0.466 e. The molecule has 0 heterocycles. The van der Waals surface area contributed by atoms with Crippen LogP contribution in [-0.4, -0.2) is 12.6 Å². The molecule has 0 amide bonds. The Balaban J connectivity index is 1.90. The van der Waals surface area contributed by atoms with Crippen LogP contribution in [0.4, 0.5) is 4.39 Å². The third kappa shape index (κ3) is 3.09. The molecule has 0 unspecified atom stereocenters. The Hall–Kier alpha value is -1.38. The molecule has 2 rings (SSSR count). The maximum Gasteiger partial charge on any atom is 0.308 e. The summed E-state index contributed by atoms with van der Waals surface area (Å²) in [7, 11) is 0. The van der Waals surface area contributed by atoms with Gasteiger partial charge in [0.2, 0.25) is 0 Å². The minimum absolute atomic E-state index is 0.0571. The van der Waals surface area contributed by atoms with E-state index in [1.54, 1.807) is 0 Å². The Labute approximate surface area is 107 Å². The summed E-state index contributed by atoms with van der Waals surface area (Å²) in [4.78, 5) is 11.6. The van der Waals surface area contributed by atoms with Crippen molar-refractivity contribution in [2.45, 2.75) is 38.5 Å². The lowest BCUT2D eigenvalue weighted by atomic mass is 9.79. The highest BCUT2D eigenvalue weighted by molar-refractivity contribution is 5.72. The van der Waals surface area contributed by atoms with E-state index < -0.39 is 0 Å². The van der Waals surface area contributed by atoms with Crippen LogP contribution in [0.25, 0.3) is 0 Å². The highest BCUT2D eigenvalue weighted by Gasteiger charge is 2.27. The zero-order valence-corrected chi connectivity index (χ0v) is 10.7. The number of benzene rings is 1. The van der Waals surface area contributed by atoms with Gasteiger partial charge >= 0.3 is 5.97 Å². The third-order valence-corrected chi connectivity index (χ3v) is 3.69. The Kier molecular flexibility index (Phi) is 4.34. The highest BCUT2D eigenvalue weighted by atomic mass is 19.1. The Morgan fingerprint density at radius 2 is 1.83 bits per heavy atom. The van der Waals surface area contributed by atoms with Gasteiger partial charge < -0.3 is 4.74 Å². The largest absolute Gasteiger partial charge is 0.466 e. The van der Waals surface area contributed by atoms with Gasteiger partial charge in [0.1, 0.15) is 5.82 Å². The molecule has 0 saturated heterocycles. The Morgan fingerprint density at radius 1 is 1.22 bits per heavy atom. The number of rotatable bonds is 3. The van der Waals surface area contributed by atoms with Crippen molar-refractivity contribution >= 4 is 5.97 Å². The lowest BCUT2D eigenvalue weighted by Crippen LogP contribution is -2.23. The second-order valence-electron chi connectivity index (χ2n) is 4.85. The molecule has 2 nitrogen and oxygen atoms in total. The predicted molar refractivity (Wildman–Crippen MR) is 67.7 cm³/mol. The van der Waals surface area contributed by atoms with Crippen molar-refractivity contribution in [3.05, 3.63) is 35.6 Å². The maximum absolute atomic E-state index is 12.8. The van der Waals surface area contributed by atoms with Crippen molar-refractivity contribution in [1.29, 1.82) is 0 Å². The number of esters is 1. The number of hydrogen-bond donors (Lipinski definition) is 0. The van der Waals surface area contributed by atoms with Gasteiger partial charge in [-0.25, -0.2) is 4.39 Å². The number of hydrogen-bond acceptors (Lipinski definition) is 2. The summed E-state index contributed by atoms with van der Waals surface area (Å²) in [5, 5.41) is 0. The molecule has 3 heteroatoms. The van der Waals surface area contributed by atoms with Gasteiger partial charge in [0.15, 0.2) is 0 Å². The fraction of sp³-hybridized carbons (Fsp3) is 0.533. The Morgan fingerprint density at radius 3 is 2.39 bits per heavy atom. The minimum atomic E-state index is -0.195. The highest BCUT2D eigenvalue weighted by Crippen LogP contribution is 2.36. The molecule has 1 aromatic carbocycles. The molecule has 98 valence electrons. The summed E-state index contributed by atoms with van der Waals surface area (Å²) in [5.41, 5.74) is 1.18. The van der Waals surface area contributed by atoms with Crippen LogP contribution in [0.1, 0.15) is 44.1 Å². The van der Waals surface area contributed by atoms with Gasteiger partial charge in [-0.05, 0) is 56.2 Å². The van der Waals surface area contributed by atoms with E-state index in [1.807, 2.05) is 19.1 Å². The molecule has 0 atom stereocenters. The van der Waals surface area contributed by atoms with Crippen molar-refractivity contribution in [2.75, 3.05) is 6.61 Å². The standard InChI is InChI=1S/C15H19FO2/c1-2-18-15(17)13-5-3-11(4-6-13)12-7-9-14(16)10-8-12/h7-11,13H,2-6H2,1H3. The summed E-state index contributed by atoms with van der Waals surface area (Å²) in [5.74, 6) is 0.256. The quantitative estimate of drug-likeness (QED) is 0.765. The number of carbonyl (C=O) groups is 1. The first kappa shape index (κ1) is 13.1. The molecule has 1 aliphatic rings. The average Bonchev–Trinajstić information content (AvgIpc) is 2.40. The van der Waals surface area contributed by atoms with E-state index in [2.05, 4.69) is 0 Å². The first-order chi connectivity index (χ1) is 8.70. The molecule has 0 bridgehead atoms. The molecule has 1 fully saturated rings. The van der Waals surface area contributed by atoms with Gasteiger partial charge in [-0.1, -0.05) is 12.1 Å². The van der Waals surface area contributed by atoms with Gasteiger partial charge in [0, 0.05) is 0 Å². The second kappa shape index (κ2) is 5.98. The van der Waals surface area contributed by atoms with E-state index in [4.69, 9.17) is 4.74 Å². The summed E-state index contributed by atoms with van der Waals surface area (Å²) in [6.07, 6.45) is 3.71. The Bertz CT molecular complexity index is 391. The summed E-state index contributed by atoms with van der Waals surface area (Å²) in [6, 6.07) is 6.72. The van der Waals surface area contributed by atoms with Gasteiger partial charge in [-0.3, -0.25) is 4.79 Å². The third-order valence-electron chi connectivity index (χ3n) is 3.69. The van der Waals surface area contributed by atoms with E-state index in [-0.39, 0.29) is 17.7 Å². The van der Waals surface area contributed by atoms with Gasteiger partial charge in [-0.2, -0.15) is 0 Å². The molecule has 0 N–H and O–H groups in total. The smallest absolute Gasteiger partial charge is 0.308 e. The van der Waals surface area contributed by atoms with E-state index in [0.29, 0.717) is 12.5 Å². The van der Waals surface area contributed by atoms with Crippen LogP contribution in [0.2, 0.25) is 0 Å². The summed E-state index contributed by atoms with van der Waals surface area (Å²) in [6.45, 7) is 2.29. The zero-order valence-electron chi connectivity index (χ0n) is 10.7. The first-order valence-corrected chi connectivity index (χ1v) is 6.62. The van der Waals surface area contributed by atoms with Gasteiger partial charge in [-0.15, -0.1) is 0 Å². The van der Waals surface area contributed by atoms with Crippen LogP contribution in [0.3, 0.4) is 0 Å². The number of carbonyl (C=O) groups excluding carboxylic acids is 1. The molecule has 0 aromatic heterocycles. The van der Waals surface area contributed by atoms with Gasteiger partial charge in [0.25, 0.3) is 0 Å². The average molecular weight is 250 g/mol. The second-order valence-corrected chi connectivity index (χ2v) is 4.85. The lowest BCUT2D eigenvalue weighted by molar-refractivity contribution is -0.149. The predicted octanol–water partition coefficient (Wildman–Crippen LogP) is 3.66. The molecular formula is C15H19FO2.